The van der Waals surface area contributed by atoms with Crippen molar-refractivity contribution in [2.45, 2.75) is 90.0 Å². The summed E-state index contributed by atoms with van der Waals surface area (Å²) in [5.41, 5.74) is 0.739. The fourth-order valence-electron chi connectivity index (χ4n) is 4.71. The highest BCUT2D eigenvalue weighted by molar-refractivity contribution is 5.03. The fraction of sp³-hybridized carbons (Fsp3) is 1.00. The predicted octanol–water partition coefficient (Wildman–Crippen LogP) is 3.19. The molecule has 3 rings (SSSR count). The lowest BCUT2D eigenvalue weighted by Gasteiger charge is -2.51. The number of hydrogen-bond donors (Lipinski definition) is 1. The highest BCUT2D eigenvalue weighted by Gasteiger charge is 2.45. The maximum absolute atomic E-state index is 6.11. The first-order valence-electron chi connectivity index (χ1n) is 9.03. The van der Waals surface area contributed by atoms with Crippen molar-refractivity contribution in [1.82, 2.24) is 10.2 Å². The Kier molecular flexibility index (Phi) is 4.37. The van der Waals surface area contributed by atoms with E-state index in [1.54, 1.807) is 0 Å². The Balaban J connectivity index is 1.70. The topological polar surface area (TPSA) is 24.5 Å². The van der Waals surface area contributed by atoms with Crippen LogP contribution in [-0.2, 0) is 4.74 Å². The van der Waals surface area contributed by atoms with Gasteiger partial charge in [0.05, 0.1) is 12.2 Å². The largest absolute Gasteiger partial charge is 0.374 e. The van der Waals surface area contributed by atoms with Crippen LogP contribution < -0.4 is 5.32 Å². The summed E-state index contributed by atoms with van der Waals surface area (Å²) in [6.07, 6.45) is 8.94. The lowest BCUT2D eigenvalue weighted by Crippen LogP contribution is -2.66. The van der Waals surface area contributed by atoms with Gasteiger partial charge in [0.1, 0.15) is 0 Å². The average Bonchev–Trinajstić information content (AvgIpc) is 2.98. The van der Waals surface area contributed by atoms with Gasteiger partial charge in [-0.25, -0.2) is 0 Å². The normalized spacial score (nSPS) is 37.4. The van der Waals surface area contributed by atoms with E-state index in [0.717, 1.165) is 13.1 Å². The monoisotopic (exact) mass is 294 g/mol. The van der Waals surface area contributed by atoms with Gasteiger partial charge in [0.25, 0.3) is 0 Å². The number of nitrogens with one attached hydrogen (secondary N) is 1. The molecule has 3 fully saturated rings. The summed E-state index contributed by atoms with van der Waals surface area (Å²) in [5, 5.41) is 3.93. The Labute approximate surface area is 130 Å². The summed E-state index contributed by atoms with van der Waals surface area (Å²) in [6, 6.07) is 0.628. The molecule has 2 saturated heterocycles. The molecule has 1 spiro atoms. The lowest BCUT2D eigenvalue weighted by atomic mass is 9.81. The van der Waals surface area contributed by atoms with Crippen LogP contribution in [0.3, 0.4) is 0 Å². The fourth-order valence-corrected chi connectivity index (χ4v) is 4.71. The highest BCUT2D eigenvalue weighted by Crippen LogP contribution is 2.37. The van der Waals surface area contributed by atoms with Crippen molar-refractivity contribution in [2.24, 2.45) is 5.41 Å². The van der Waals surface area contributed by atoms with Crippen molar-refractivity contribution in [3.63, 3.8) is 0 Å². The maximum atomic E-state index is 6.11. The van der Waals surface area contributed by atoms with Crippen LogP contribution in [0.1, 0.15) is 66.2 Å². The molecule has 1 N–H and O–H groups in total. The van der Waals surface area contributed by atoms with Crippen molar-refractivity contribution in [2.75, 3.05) is 19.6 Å². The van der Waals surface area contributed by atoms with Crippen LogP contribution in [0.15, 0.2) is 0 Å². The average molecular weight is 294 g/mol. The Hall–Kier alpha value is -0.120. The van der Waals surface area contributed by atoms with Gasteiger partial charge in [-0.1, -0.05) is 33.6 Å². The van der Waals surface area contributed by atoms with Crippen LogP contribution in [0.4, 0.5) is 0 Å². The first-order chi connectivity index (χ1) is 9.88. The second-order valence-electron chi connectivity index (χ2n) is 8.83. The zero-order valence-electron chi connectivity index (χ0n) is 14.5. The van der Waals surface area contributed by atoms with Gasteiger partial charge in [-0.05, 0) is 38.0 Å². The van der Waals surface area contributed by atoms with Crippen LogP contribution in [0, 0.1) is 5.41 Å². The quantitative estimate of drug-likeness (QED) is 0.846. The smallest absolute Gasteiger partial charge is 0.0706 e. The molecule has 0 aromatic heterocycles. The Morgan fingerprint density at radius 3 is 2.48 bits per heavy atom. The summed E-state index contributed by atoms with van der Waals surface area (Å²) in [5.74, 6) is 0. The van der Waals surface area contributed by atoms with Gasteiger partial charge >= 0.3 is 0 Å². The second kappa shape index (κ2) is 5.82. The third-order valence-electron chi connectivity index (χ3n) is 5.94. The van der Waals surface area contributed by atoms with Gasteiger partial charge < -0.3 is 10.1 Å². The lowest BCUT2D eigenvalue weighted by molar-refractivity contribution is -0.0261. The molecular weight excluding hydrogens is 260 g/mol. The molecule has 0 aromatic carbocycles. The molecule has 2 aliphatic heterocycles. The zero-order chi connectivity index (χ0) is 15.1. The first-order valence-corrected chi connectivity index (χ1v) is 9.03. The second-order valence-corrected chi connectivity index (χ2v) is 8.83. The molecule has 3 heteroatoms. The van der Waals surface area contributed by atoms with Crippen LogP contribution in [0.2, 0.25) is 0 Å². The standard InChI is InChI=1S/C18H34N2O/c1-14-7-8-15(21-14)12-20-13-18(9-5-6-10-18)19-11-16(20)17(2,3)4/h14-16,19H,5-13H2,1-4H3. The molecule has 0 aromatic rings. The van der Waals surface area contributed by atoms with Gasteiger partial charge in [-0.15, -0.1) is 0 Å². The summed E-state index contributed by atoms with van der Waals surface area (Å²) < 4.78 is 6.11. The summed E-state index contributed by atoms with van der Waals surface area (Å²) in [4.78, 5) is 2.77. The van der Waals surface area contributed by atoms with Crippen molar-refractivity contribution < 1.29 is 4.74 Å². The van der Waals surface area contributed by atoms with E-state index >= 15 is 0 Å². The molecule has 1 saturated carbocycles. The van der Waals surface area contributed by atoms with E-state index in [9.17, 15) is 0 Å². The third kappa shape index (κ3) is 3.46. The van der Waals surface area contributed by atoms with E-state index in [4.69, 9.17) is 4.74 Å². The van der Waals surface area contributed by atoms with Gasteiger partial charge in [-0.3, -0.25) is 4.90 Å². The first kappa shape index (κ1) is 15.8. The Morgan fingerprint density at radius 1 is 1.19 bits per heavy atom. The van der Waals surface area contributed by atoms with Gasteiger partial charge in [-0.2, -0.15) is 0 Å². The van der Waals surface area contributed by atoms with Crippen molar-refractivity contribution in [3.05, 3.63) is 0 Å². The van der Waals surface area contributed by atoms with Crippen molar-refractivity contribution >= 4 is 0 Å². The molecule has 3 nitrogen and oxygen atoms in total. The Morgan fingerprint density at radius 2 is 1.90 bits per heavy atom. The molecule has 2 heterocycles. The number of hydrogen-bond acceptors (Lipinski definition) is 3. The van der Waals surface area contributed by atoms with Gasteiger partial charge in [0.15, 0.2) is 0 Å². The summed E-state index contributed by atoms with van der Waals surface area (Å²) in [7, 11) is 0. The van der Waals surface area contributed by atoms with E-state index in [1.807, 2.05) is 0 Å². The van der Waals surface area contributed by atoms with E-state index < -0.39 is 0 Å². The number of piperazine rings is 1. The highest BCUT2D eigenvalue weighted by atomic mass is 16.5. The maximum Gasteiger partial charge on any atom is 0.0706 e. The minimum absolute atomic E-state index is 0.331. The van der Waals surface area contributed by atoms with Crippen molar-refractivity contribution in [1.29, 1.82) is 0 Å². The van der Waals surface area contributed by atoms with E-state index in [1.165, 1.54) is 45.1 Å². The molecular formula is C18H34N2O. The Bertz CT molecular complexity index is 357. The molecule has 0 radical (unpaired) electrons. The predicted molar refractivity (Wildman–Crippen MR) is 87.6 cm³/mol. The minimum atomic E-state index is 0.331. The van der Waals surface area contributed by atoms with E-state index in [-0.39, 0.29) is 0 Å². The molecule has 3 aliphatic rings. The number of nitrogens with zero attached hydrogens (tertiary/aromatic N) is 1. The van der Waals surface area contributed by atoms with Gasteiger partial charge in [0, 0.05) is 31.2 Å². The molecule has 1 aliphatic carbocycles. The van der Waals surface area contributed by atoms with Crippen LogP contribution in [-0.4, -0.2) is 48.3 Å². The van der Waals surface area contributed by atoms with Crippen LogP contribution in [0.25, 0.3) is 0 Å². The number of ether oxygens (including phenoxy) is 1. The SMILES string of the molecule is CC1CCC(CN2CC3(CCCC3)NCC2C(C)(C)C)O1. The molecule has 0 amide bonds. The molecule has 3 atom stereocenters. The van der Waals surface area contributed by atoms with Gasteiger partial charge in [0.2, 0.25) is 0 Å². The molecule has 122 valence electrons. The van der Waals surface area contributed by atoms with Crippen molar-refractivity contribution in [3.8, 4) is 0 Å². The van der Waals surface area contributed by atoms with Crippen LogP contribution in [0.5, 0.6) is 0 Å². The van der Waals surface area contributed by atoms with Crippen LogP contribution >= 0.6 is 0 Å². The van der Waals surface area contributed by atoms with E-state index in [2.05, 4.69) is 37.9 Å². The molecule has 0 bridgehead atoms. The third-order valence-corrected chi connectivity index (χ3v) is 5.94. The zero-order valence-corrected chi connectivity index (χ0v) is 14.5. The van der Waals surface area contributed by atoms with E-state index in [0.29, 0.717) is 29.2 Å². The minimum Gasteiger partial charge on any atom is -0.374 e. The molecule has 21 heavy (non-hydrogen) atoms. The summed E-state index contributed by atoms with van der Waals surface area (Å²) >= 11 is 0. The summed E-state index contributed by atoms with van der Waals surface area (Å²) in [6.45, 7) is 12.9. The number of rotatable bonds is 2. The molecule has 3 unspecified atom stereocenters.